The first-order chi connectivity index (χ1) is 11.1. The third kappa shape index (κ3) is 3.78. The van der Waals surface area contributed by atoms with Gasteiger partial charge in [-0.1, -0.05) is 12.1 Å². The van der Waals surface area contributed by atoms with Gasteiger partial charge in [0.2, 0.25) is 0 Å². The highest BCUT2D eigenvalue weighted by molar-refractivity contribution is 9.11. The lowest BCUT2D eigenvalue weighted by molar-refractivity contribution is 0.468. The molecule has 0 fully saturated rings. The van der Waals surface area contributed by atoms with E-state index in [1.54, 1.807) is 29.5 Å². The molecule has 0 aliphatic carbocycles. The molecule has 0 bridgehead atoms. The number of hydrogen-bond donors (Lipinski definition) is 1. The van der Waals surface area contributed by atoms with Gasteiger partial charge in [-0.25, -0.2) is 4.98 Å². The number of thioether (sulfide) groups is 1. The molecule has 0 atom stereocenters. The number of benzene rings is 2. The Morgan fingerprint density at radius 2 is 1.96 bits per heavy atom. The Morgan fingerprint density at radius 1 is 1.26 bits per heavy atom. The first-order valence-corrected chi connectivity index (χ1v) is 9.62. The Kier molecular flexibility index (Phi) is 5.07. The van der Waals surface area contributed by atoms with Crippen LogP contribution < -0.4 is 0 Å². The fourth-order valence-electron chi connectivity index (χ4n) is 1.89. The standard InChI is InChI=1S/C16H8Br2N2OS2/c17-11-6-9(7-12(18)15(11)21)5-10(8-19)22-16-20-13-3-1-2-4-14(13)23-16/h1-7,21H/b10-5+. The van der Waals surface area contributed by atoms with E-state index < -0.39 is 0 Å². The van der Waals surface area contributed by atoms with Crippen molar-refractivity contribution in [3.63, 3.8) is 0 Å². The topological polar surface area (TPSA) is 56.9 Å². The van der Waals surface area contributed by atoms with Crippen molar-refractivity contribution in [2.45, 2.75) is 4.34 Å². The zero-order chi connectivity index (χ0) is 16.4. The Labute approximate surface area is 157 Å². The quantitative estimate of drug-likeness (QED) is 0.368. The summed E-state index contributed by atoms with van der Waals surface area (Å²) < 4.78 is 3.07. The average Bonchev–Trinajstić information content (AvgIpc) is 2.94. The van der Waals surface area contributed by atoms with E-state index >= 15 is 0 Å². The second kappa shape index (κ2) is 7.05. The minimum atomic E-state index is 0.138. The third-order valence-corrected chi connectivity index (χ3v) is 6.15. The Bertz CT molecular complexity index is 904. The molecule has 1 N–H and O–H groups in total. The van der Waals surface area contributed by atoms with Gasteiger partial charge in [-0.05, 0) is 79.5 Å². The first kappa shape index (κ1) is 16.5. The van der Waals surface area contributed by atoms with Crippen molar-refractivity contribution in [1.82, 2.24) is 4.98 Å². The van der Waals surface area contributed by atoms with Crippen molar-refractivity contribution in [3.05, 3.63) is 55.8 Å². The van der Waals surface area contributed by atoms with Gasteiger partial charge in [-0.2, -0.15) is 5.26 Å². The van der Waals surface area contributed by atoms with Crippen LogP contribution in [-0.2, 0) is 0 Å². The Hall–Kier alpha value is -1.33. The number of nitrogens with zero attached hydrogens (tertiary/aromatic N) is 2. The van der Waals surface area contributed by atoms with Crippen molar-refractivity contribution >= 4 is 71.3 Å². The van der Waals surface area contributed by atoms with Crippen molar-refractivity contribution in [2.75, 3.05) is 0 Å². The number of para-hydroxylation sites is 1. The highest BCUT2D eigenvalue weighted by atomic mass is 79.9. The summed E-state index contributed by atoms with van der Waals surface area (Å²) in [6.45, 7) is 0. The number of rotatable bonds is 3. The van der Waals surface area contributed by atoms with Gasteiger partial charge in [-0.3, -0.25) is 0 Å². The van der Waals surface area contributed by atoms with Crippen molar-refractivity contribution in [2.24, 2.45) is 0 Å². The molecule has 0 radical (unpaired) electrons. The van der Waals surface area contributed by atoms with E-state index in [0.717, 1.165) is 20.1 Å². The maximum atomic E-state index is 9.74. The molecule has 3 rings (SSSR count). The number of allylic oxidation sites excluding steroid dienone is 1. The zero-order valence-electron chi connectivity index (χ0n) is 11.5. The number of hydrogen-bond acceptors (Lipinski definition) is 5. The monoisotopic (exact) mass is 466 g/mol. The van der Waals surface area contributed by atoms with E-state index in [0.29, 0.717) is 13.9 Å². The lowest BCUT2D eigenvalue weighted by atomic mass is 10.2. The van der Waals surface area contributed by atoms with E-state index in [9.17, 15) is 10.4 Å². The number of fused-ring (bicyclic) bond motifs is 1. The molecule has 3 nitrogen and oxygen atoms in total. The first-order valence-electron chi connectivity index (χ1n) is 6.40. The van der Waals surface area contributed by atoms with E-state index in [1.165, 1.54) is 11.8 Å². The summed E-state index contributed by atoms with van der Waals surface area (Å²) in [6, 6.07) is 13.6. The van der Waals surface area contributed by atoms with Crippen LogP contribution in [0.15, 0.2) is 54.6 Å². The van der Waals surface area contributed by atoms with Gasteiger partial charge in [0.15, 0.2) is 4.34 Å². The molecule has 2 aromatic carbocycles. The molecule has 1 aromatic heterocycles. The van der Waals surface area contributed by atoms with Gasteiger partial charge < -0.3 is 5.11 Å². The van der Waals surface area contributed by atoms with Crippen LogP contribution >= 0.6 is 55.0 Å². The lowest BCUT2D eigenvalue weighted by Gasteiger charge is -2.03. The summed E-state index contributed by atoms with van der Waals surface area (Å²) in [5.74, 6) is 0.138. The summed E-state index contributed by atoms with van der Waals surface area (Å²) in [4.78, 5) is 5.06. The van der Waals surface area contributed by atoms with Crippen LogP contribution in [0.25, 0.3) is 16.3 Å². The van der Waals surface area contributed by atoms with Gasteiger partial charge >= 0.3 is 0 Å². The van der Waals surface area contributed by atoms with Crippen LogP contribution in [0.2, 0.25) is 0 Å². The highest BCUT2D eigenvalue weighted by Crippen LogP contribution is 2.37. The van der Waals surface area contributed by atoms with E-state index in [4.69, 9.17) is 0 Å². The molecule has 23 heavy (non-hydrogen) atoms. The summed E-state index contributed by atoms with van der Waals surface area (Å²) in [6.07, 6.45) is 1.77. The molecular weight excluding hydrogens is 460 g/mol. The second-order valence-electron chi connectivity index (χ2n) is 4.50. The molecule has 0 saturated carbocycles. The van der Waals surface area contributed by atoms with Crippen LogP contribution in [-0.4, -0.2) is 10.1 Å². The number of aromatic nitrogens is 1. The smallest absolute Gasteiger partial charge is 0.156 e. The number of nitriles is 1. The van der Waals surface area contributed by atoms with Crippen molar-refractivity contribution < 1.29 is 5.11 Å². The summed E-state index contributed by atoms with van der Waals surface area (Å²) in [7, 11) is 0. The van der Waals surface area contributed by atoms with Gasteiger partial charge in [0, 0.05) is 0 Å². The van der Waals surface area contributed by atoms with Crippen molar-refractivity contribution in [1.29, 1.82) is 5.26 Å². The van der Waals surface area contributed by atoms with E-state index in [2.05, 4.69) is 42.9 Å². The fourth-order valence-corrected chi connectivity index (χ4v) is 5.09. The predicted octanol–water partition coefficient (Wildman–Crippen LogP) is 6.18. The molecule has 114 valence electrons. The van der Waals surface area contributed by atoms with Crippen LogP contribution in [0.4, 0.5) is 0 Å². The number of phenols is 1. The van der Waals surface area contributed by atoms with Crippen LogP contribution in [0.3, 0.4) is 0 Å². The SMILES string of the molecule is N#C/C(=C\c1cc(Br)c(O)c(Br)c1)Sc1nc2ccccc2s1. The third-order valence-electron chi connectivity index (χ3n) is 2.92. The summed E-state index contributed by atoms with van der Waals surface area (Å²) in [5.41, 5.74) is 1.75. The highest BCUT2D eigenvalue weighted by Gasteiger charge is 2.09. The normalized spacial score (nSPS) is 11.6. The number of halogens is 2. The molecule has 0 spiro atoms. The van der Waals surface area contributed by atoms with Gasteiger partial charge in [0.05, 0.1) is 24.1 Å². The number of thiazole rings is 1. The van der Waals surface area contributed by atoms with Crippen molar-refractivity contribution in [3.8, 4) is 11.8 Å². The molecule has 0 aliphatic rings. The fraction of sp³-hybridized carbons (Fsp3) is 0. The minimum Gasteiger partial charge on any atom is -0.506 e. The van der Waals surface area contributed by atoms with E-state index in [1.807, 2.05) is 24.3 Å². The maximum absolute atomic E-state index is 9.74. The Balaban J connectivity index is 1.92. The van der Waals surface area contributed by atoms with Crippen LogP contribution in [0.5, 0.6) is 5.75 Å². The van der Waals surface area contributed by atoms with Gasteiger partial charge in [-0.15, -0.1) is 11.3 Å². The molecule has 1 heterocycles. The molecule has 0 unspecified atom stereocenters. The number of aromatic hydroxyl groups is 1. The van der Waals surface area contributed by atoms with E-state index in [-0.39, 0.29) is 5.75 Å². The summed E-state index contributed by atoms with van der Waals surface area (Å²) >= 11 is 9.48. The molecule has 0 amide bonds. The zero-order valence-corrected chi connectivity index (χ0v) is 16.3. The molecule has 3 aromatic rings. The summed E-state index contributed by atoms with van der Waals surface area (Å²) in [5, 5.41) is 19.1. The van der Waals surface area contributed by atoms with Crippen LogP contribution in [0.1, 0.15) is 5.56 Å². The molecule has 0 saturated heterocycles. The molecule has 0 aliphatic heterocycles. The maximum Gasteiger partial charge on any atom is 0.156 e. The second-order valence-corrected chi connectivity index (χ2v) is 8.53. The van der Waals surface area contributed by atoms with Gasteiger partial charge in [0.1, 0.15) is 11.8 Å². The van der Waals surface area contributed by atoms with Gasteiger partial charge in [0.25, 0.3) is 0 Å². The number of phenolic OH excluding ortho intramolecular Hbond substituents is 1. The molecule has 7 heteroatoms. The average molecular weight is 468 g/mol. The largest absolute Gasteiger partial charge is 0.506 e. The lowest BCUT2D eigenvalue weighted by Crippen LogP contribution is -1.79. The Morgan fingerprint density at radius 3 is 2.61 bits per heavy atom. The van der Waals surface area contributed by atoms with Crippen LogP contribution in [0, 0.1) is 11.3 Å². The molecular formula is C16H8Br2N2OS2. The minimum absolute atomic E-state index is 0.138. The predicted molar refractivity (Wildman–Crippen MR) is 103 cm³/mol.